The molecule has 26 heavy (non-hydrogen) atoms. The van der Waals surface area contributed by atoms with Crippen LogP contribution in [0.15, 0.2) is 53.3 Å². The summed E-state index contributed by atoms with van der Waals surface area (Å²) in [6.07, 6.45) is 0.298. The van der Waals surface area contributed by atoms with Crippen molar-refractivity contribution in [2.24, 2.45) is 0 Å². The lowest BCUT2D eigenvalue weighted by Gasteiger charge is -2.07. The lowest BCUT2D eigenvalue weighted by molar-refractivity contribution is 0.627. The van der Waals surface area contributed by atoms with Crippen molar-refractivity contribution in [3.05, 3.63) is 81.5 Å². The van der Waals surface area contributed by atoms with Crippen molar-refractivity contribution in [1.29, 1.82) is 0 Å². The Kier molecular flexibility index (Phi) is 6.01. The van der Waals surface area contributed by atoms with E-state index in [0.29, 0.717) is 6.42 Å². The Balaban J connectivity index is 1.67. The number of hydrogen-bond donors (Lipinski definition) is 2. The summed E-state index contributed by atoms with van der Waals surface area (Å²) in [5.74, 6) is 2.04. The van der Waals surface area contributed by atoms with Crippen LogP contribution >= 0.6 is 11.8 Å². The van der Waals surface area contributed by atoms with Crippen molar-refractivity contribution in [1.82, 2.24) is 15.2 Å². The zero-order valence-corrected chi connectivity index (χ0v) is 15.1. The van der Waals surface area contributed by atoms with Gasteiger partial charge in [-0.15, -0.1) is 10.2 Å². The molecule has 5 nitrogen and oxygen atoms in total. The van der Waals surface area contributed by atoms with E-state index < -0.39 is 0 Å². The lowest BCUT2D eigenvalue weighted by atomic mass is 10.1. The lowest BCUT2D eigenvalue weighted by Crippen LogP contribution is -2.18. The highest BCUT2D eigenvalue weighted by Crippen LogP contribution is 2.17. The first-order valence-corrected chi connectivity index (χ1v) is 9.43. The molecule has 2 aromatic carbocycles. The largest absolute Gasteiger partial charge is 0.324 e. The molecule has 0 spiro atoms. The van der Waals surface area contributed by atoms with Crippen molar-refractivity contribution in [2.45, 2.75) is 19.1 Å². The molecule has 3 rings (SSSR count). The third kappa shape index (κ3) is 4.92. The number of thioether (sulfide) groups is 1. The smallest absolute Gasteiger partial charge is 0.274 e. The topological polar surface area (TPSA) is 70.7 Å². The van der Waals surface area contributed by atoms with Crippen molar-refractivity contribution >= 4 is 23.4 Å². The van der Waals surface area contributed by atoms with E-state index in [1.807, 2.05) is 36.0 Å². The van der Waals surface area contributed by atoms with Gasteiger partial charge in [-0.25, -0.2) is 4.39 Å². The summed E-state index contributed by atoms with van der Waals surface area (Å²) < 4.78 is 12.9. The molecule has 7 heteroatoms. The van der Waals surface area contributed by atoms with Crippen LogP contribution in [0.3, 0.4) is 0 Å². The molecule has 0 saturated heterocycles. The van der Waals surface area contributed by atoms with Gasteiger partial charge >= 0.3 is 0 Å². The Labute approximate surface area is 155 Å². The summed E-state index contributed by atoms with van der Waals surface area (Å²) in [5, 5.41) is 11.1. The molecule has 1 heterocycles. The van der Waals surface area contributed by atoms with Crippen molar-refractivity contribution in [3.8, 4) is 0 Å². The summed E-state index contributed by atoms with van der Waals surface area (Å²) >= 11 is 1.86. The molecule has 2 N–H and O–H groups in total. The minimum absolute atomic E-state index is 0.286. The predicted octanol–water partition coefficient (Wildman–Crippen LogP) is 3.89. The van der Waals surface area contributed by atoms with Crippen molar-refractivity contribution in [2.75, 3.05) is 11.1 Å². The van der Waals surface area contributed by atoms with E-state index in [1.165, 1.54) is 17.7 Å². The fraction of sp³-hybridized carbons (Fsp3) is 0.211. The Hall–Kier alpha value is -2.67. The SMILES string of the molecule is CCSCc1ccc(Nc2nnc(Cc3ccc(F)cc3)c(=O)[nH]2)cc1. The zero-order chi connectivity index (χ0) is 18.4. The molecule has 3 aromatic rings. The van der Waals surface area contributed by atoms with Crippen molar-refractivity contribution in [3.63, 3.8) is 0 Å². The van der Waals surface area contributed by atoms with Gasteiger partial charge in [0.25, 0.3) is 5.56 Å². The highest BCUT2D eigenvalue weighted by molar-refractivity contribution is 7.98. The van der Waals surface area contributed by atoms with Gasteiger partial charge in [0.05, 0.1) is 0 Å². The molecule has 0 unspecified atom stereocenters. The number of halogens is 1. The maximum absolute atomic E-state index is 12.9. The average Bonchev–Trinajstić information content (AvgIpc) is 2.65. The van der Waals surface area contributed by atoms with Crippen LogP contribution < -0.4 is 10.9 Å². The van der Waals surface area contributed by atoms with Crippen LogP contribution in [-0.2, 0) is 12.2 Å². The molecule has 0 fully saturated rings. The number of anilines is 2. The molecule has 0 atom stereocenters. The van der Waals surface area contributed by atoms with E-state index in [-0.39, 0.29) is 23.0 Å². The molecule has 0 amide bonds. The van der Waals surface area contributed by atoms with E-state index in [1.54, 1.807) is 12.1 Å². The summed E-state index contributed by atoms with van der Waals surface area (Å²) in [6, 6.07) is 13.9. The highest BCUT2D eigenvalue weighted by Gasteiger charge is 2.07. The normalized spacial score (nSPS) is 10.7. The van der Waals surface area contributed by atoms with E-state index in [4.69, 9.17) is 0 Å². The van der Waals surface area contributed by atoms with E-state index >= 15 is 0 Å². The predicted molar refractivity (Wildman–Crippen MR) is 103 cm³/mol. The minimum Gasteiger partial charge on any atom is -0.324 e. The Morgan fingerprint density at radius 2 is 1.73 bits per heavy atom. The van der Waals surface area contributed by atoms with E-state index in [2.05, 4.69) is 27.4 Å². The van der Waals surface area contributed by atoms with Gasteiger partial charge in [-0.1, -0.05) is 31.2 Å². The summed E-state index contributed by atoms with van der Waals surface area (Å²) in [4.78, 5) is 14.9. The third-order valence-electron chi connectivity index (χ3n) is 3.74. The molecule has 0 bridgehead atoms. The molecule has 0 aliphatic rings. The number of aromatic nitrogens is 3. The van der Waals surface area contributed by atoms with Crippen LogP contribution in [-0.4, -0.2) is 20.9 Å². The Bertz CT molecular complexity index is 910. The summed E-state index contributed by atoms with van der Waals surface area (Å²) in [7, 11) is 0. The number of nitrogens with one attached hydrogen (secondary N) is 2. The average molecular weight is 370 g/mol. The number of hydrogen-bond acceptors (Lipinski definition) is 5. The molecule has 1 aromatic heterocycles. The monoisotopic (exact) mass is 370 g/mol. The molecule has 0 aliphatic carbocycles. The Morgan fingerprint density at radius 1 is 1.04 bits per heavy atom. The van der Waals surface area contributed by atoms with Crippen LogP contribution in [0, 0.1) is 5.82 Å². The minimum atomic E-state index is -0.317. The summed E-state index contributed by atoms with van der Waals surface area (Å²) in [5.41, 5.74) is 2.84. The third-order valence-corrected chi connectivity index (χ3v) is 4.68. The van der Waals surface area contributed by atoms with Gasteiger partial charge in [0, 0.05) is 17.9 Å². The number of H-pyrrole nitrogens is 1. The number of rotatable bonds is 7. The van der Waals surface area contributed by atoms with Crippen LogP contribution in [0.1, 0.15) is 23.7 Å². The first-order chi connectivity index (χ1) is 12.6. The molecule has 134 valence electrons. The molecular formula is C19H19FN4OS. The van der Waals surface area contributed by atoms with Crippen LogP contribution in [0.2, 0.25) is 0 Å². The van der Waals surface area contributed by atoms with Gasteiger partial charge < -0.3 is 5.32 Å². The van der Waals surface area contributed by atoms with Crippen LogP contribution in [0.25, 0.3) is 0 Å². The van der Waals surface area contributed by atoms with Gasteiger partial charge in [0.2, 0.25) is 5.95 Å². The van der Waals surface area contributed by atoms with Gasteiger partial charge in [-0.2, -0.15) is 11.8 Å². The fourth-order valence-corrected chi connectivity index (χ4v) is 3.00. The van der Waals surface area contributed by atoms with Gasteiger partial charge in [0.15, 0.2) is 0 Å². The van der Waals surface area contributed by atoms with E-state index in [9.17, 15) is 9.18 Å². The fourth-order valence-electron chi connectivity index (χ4n) is 2.37. The van der Waals surface area contributed by atoms with Gasteiger partial charge in [0.1, 0.15) is 11.5 Å². The molecule has 0 radical (unpaired) electrons. The second-order valence-electron chi connectivity index (χ2n) is 5.71. The van der Waals surface area contributed by atoms with Gasteiger partial charge in [-0.05, 0) is 41.1 Å². The number of nitrogens with zero attached hydrogens (tertiary/aromatic N) is 2. The van der Waals surface area contributed by atoms with Crippen LogP contribution in [0.4, 0.5) is 16.0 Å². The quantitative estimate of drug-likeness (QED) is 0.660. The second kappa shape index (κ2) is 8.62. The molecule has 0 saturated carbocycles. The number of aromatic amines is 1. The van der Waals surface area contributed by atoms with Gasteiger partial charge in [-0.3, -0.25) is 9.78 Å². The first kappa shape index (κ1) is 18.1. The maximum Gasteiger partial charge on any atom is 0.274 e. The van der Waals surface area contributed by atoms with Crippen LogP contribution in [0.5, 0.6) is 0 Å². The Morgan fingerprint density at radius 3 is 2.38 bits per heavy atom. The molecule has 0 aliphatic heterocycles. The molecular weight excluding hydrogens is 351 g/mol. The standard InChI is InChI=1S/C19H19FN4OS/c1-2-26-12-14-5-9-16(10-6-14)21-19-22-18(25)17(23-24-19)11-13-3-7-15(20)8-4-13/h3-10H,2,11-12H2,1H3,(H2,21,22,24,25). The van der Waals surface area contributed by atoms with Crippen molar-refractivity contribution < 1.29 is 4.39 Å². The second-order valence-corrected chi connectivity index (χ2v) is 6.99. The number of benzene rings is 2. The van der Waals surface area contributed by atoms with E-state index in [0.717, 1.165) is 22.8 Å². The summed E-state index contributed by atoms with van der Waals surface area (Å²) in [6.45, 7) is 2.13. The maximum atomic E-state index is 12.9. The highest BCUT2D eigenvalue weighted by atomic mass is 32.2. The first-order valence-electron chi connectivity index (χ1n) is 8.28. The zero-order valence-electron chi connectivity index (χ0n) is 14.3.